The molecule has 5 rings (SSSR count). The van der Waals surface area contributed by atoms with Gasteiger partial charge in [-0.15, -0.1) is 0 Å². The van der Waals surface area contributed by atoms with Gasteiger partial charge in [0, 0.05) is 30.8 Å². The van der Waals surface area contributed by atoms with Crippen molar-refractivity contribution in [2.75, 3.05) is 23.3 Å². The Labute approximate surface area is 171 Å². The number of halogens is 3. The lowest BCUT2D eigenvalue weighted by molar-refractivity contribution is 0.193. The summed E-state index contributed by atoms with van der Waals surface area (Å²) >= 11 is 0. The molecule has 30 heavy (non-hydrogen) atoms. The molecule has 3 heterocycles. The summed E-state index contributed by atoms with van der Waals surface area (Å²) in [7, 11) is 0. The molecule has 1 aromatic carbocycles. The molecule has 1 aliphatic carbocycles. The number of anilines is 2. The Bertz CT molecular complexity index is 1070. The van der Waals surface area contributed by atoms with Crippen molar-refractivity contribution >= 4 is 22.7 Å². The van der Waals surface area contributed by atoms with Crippen molar-refractivity contribution in [3.8, 4) is 0 Å². The summed E-state index contributed by atoms with van der Waals surface area (Å²) in [6, 6.07) is 3.44. The highest BCUT2D eigenvalue weighted by Gasteiger charge is 2.32. The maximum absolute atomic E-state index is 15.0. The Morgan fingerprint density at radius 2 is 1.67 bits per heavy atom. The molecule has 1 unspecified atom stereocenters. The van der Waals surface area contributed by atoms with Crippen LogP contribution in [0.5, 0.6) is 0 Å². The van der Waals surface area contributed by atoms with Crippen molar-refractivity contribution in [3.05, 3.63) is 47.8 Å². The van der Waals surface area contributed by atoms with E-state index in [0.717, 1.165) is 30.8 Å². The lowest BCUT2D eigenvalue weighted by Crippen LogP contribution is -2.36. The van der Waals surface area contributed by atoms with Crippen molar-refractivity contribution < 1.29 is 13.2 Å². The molecule has 1 saturated heterocycles. The van der Waals surface area contributed by atoms with Gasteiger partial charge >= 0.3 is 0 Å². The van der Waals surface area contributed by atoms with Crippen molar-refractivity contribution in [2.24, 2.45) is 5.92 Å². The van der Waals surface area contributed by atoms with Crippen molar-refractivity contribution in [2.45, 2.75) is 37.9 Å². The van der Waals surface area contributed by atoms with E-state index >= 15 is 0 Å². The number of rotatable bonds is 5. The zero-order valence-corrected chi connectivity index (χ0v) is 16.2. The molecule has 9 heteroatoms. The molecule has 6 nitrogen and oxygen atoms in total. The van der Waals surface area contributed by atoms with Gasteiger partial charge in [-0.2, -0.15) is 10.2 Å². The highest BCUT2D eigenvalue weighted by Crippen LogP contribution is 2.38. The molecule has 0 spiro atoms. The highest BCUT2D eigenvalue weighted by atomic mass is 19.1. The van der Waals surface area contributed by atoms with Gasteiger partial charge in [0.1, 0.15) is 28.8 Å². The molecule has 0 radical (unpaired) electrons. The topological polar surface area (TPSA) is 66.8 Å². The predicted octanol–water partition coefficient (Wildman–Crippen LogP) is 4.20. The van der Waals surface area contributed by atoms with Gasteiger partial charge in [0.05, 0.1) is 12.4 Å². The third kappa shape index (κ3) is 3.76. The second kappa shape index (κ2) is 7.70. The minimum absolute atomic E-state index is 0.0741. The Morgan fingerprint density at radius 3 is 2.33 bits per heavy atom. The first-order valence-corrected chi connectivity index (χ1v) is 10.2. The number of fused-ring (bicyclic) bond motifs is 1. The maximum Gasteiger partial charge on any atom is 0.172 e. The largest absolute Gasteiger partial charge is 0.364 e. The molecule has 0 amide bonds. The van der Waals surface area contributed by atoms with Crippen LogP contribution in [-0.2, 0) is 0 Å². The first-order chi connectivity index (χ1) is 14.6. The van der Waals surface area contributed by atoms with Gasteiger partial charge in [-0.1, -0.05) is 6.07 Å². The Kier molecular flexibility index (Phi) is 4.88. The van der Waals surface area contributed by atoms with E-state index in [4.69, 9.17) is 4.98 Å². The standard InChI is InChI=1S/C21H21F3N6/c22-13-1-4-15(16(23)9-13)19(24)12-5-7-30(8-6-12)21-20(27-14-2-3-14)28-17-10-25-26-11-18(17)29-21/h1,4,9-12,14,19H,2-3,5-8H2,(H,27,28). The van der Waals surface area contributed by atoms with E-state index in [0.29, 0.717) is 48.8 Å². The molecule has 1 N–H and O–H groups in total. The van der Waals surface area contributed by atoms with E-state index in [1.54, 1.807) is 12.4 Å². The Hall–Kier alpha value is -2.97. The van der Waals surface area contributed by atoms with E-state index in [1.165, 1.54) is 6.07 Å². The number of aromatic nitrogens is 4. The summed E-state index contributed by atoms with van der Waals surface area (Å²) in [5.41, 5.74) is 1.25. The van der Waals surface area contributed by atoms with Crippen LogP contribution in [0, 0.1) is 17.6 Å². The molecular formula is C21H21F3N6. The van der Waals surface area contributed by atoms with Crippen molar-refractivity contribution in [3.63, 3.8) is 0 Å². The number of nitrogens with one attached hydrogen (secondary N) is 1. The summed E-state index contributed by atoms with van der Waals surface area (Å²) in [6.45, 7) is 1.15. The average Bonchev–Trinajstić information content (AvgIpc) is 3.57. The molecule has 2 aromatic heterocycles. The lowest BCUT2D eigenvalue weighted by atomic mass is 9.88. The van der Waals surface area contributed by atoms with Crippen LogP contribution in [0.25, 0.3) is 11.0 Å². The van der Waals surface area contributed by atoms with Gasteiger partial charge in [0.15, 0.2) is 11.6 Å². The zero-order valence-electron chi connectivity index (χ0n) is 16.2. The van der Waals surface area contributed by atoms with Crippen molar-refractivity contribution in [1.82, 2.24) is 20.2 Å². The summed E-state index contributed by atoms with van der Waals surface area (Å²) in [6.07, 6.45) is 4.97. The van der Waals surface area contributed by atoms with E-state index in [1.807, 2.05) is 0 Å². The Balaban J connectivity index is 1.35. The van der Waals surface area contributed by atoms with Gasteiger partial charge in [-0.3, -0.25) is 0 Å². The van der Waals surface area contributed by atoms with Gasteiger partial charge in [-0.25, -0.2) is 23.1 Å². The molecule has 1 aliphatic heterocycles. The van der Waals surface area contributed by atoms with Gasteiger partial charge in [0.25, 0.3) is 0 Å². The SMILES string of the molecule is Fc1ccc(C(F)C2CCN(c3nc4cnncc4nc3NC3CC3)CC2)c(F)c1. The first-order valence-electron chi connectivity index (χ1n) is 10.2. The number of hydrogen-bond acceptors (Lipinski definition) is 6. The van der Waals surface area contributed by atoms with E-state index < -0.39 is 17.8 Å². The number of benzene rings is 1. The Morgan fingerprint density at radius 1 is 0.967 bits per heavy atom. The minimum atomic E-state index is -1.46. The van der Waals surface area contributed by atoms with Crippen LogP contribution in [0.2, 0.25) is 0 Å². The molecule has 0 bridgehead atoms. The first kappa shape index (κ1) is 19.0. The highest BCUT2D eigenvalue weighted by molar-refractivity contribution is 5.79. The lowest BCUT2D eigenvalue weighted by Gasteiger charge is -2.35. The smallest absolute Gasteiger partial charge is 0.172 e. The van der Waals surface area contributed by atoms with Crippen molar-refractivity contribution in [1.29, 1.82) is 0 Å². The molecule has 2 aliphatic rings. The number of piperidine rings is 1. The quantitative estimate of drug-likeness (QED) is 0.675. The average molecular weight is 414 g/mol. The predicted molar refractivity (Wildman–Crippen MR) is 107 cm³/mol. The third-order valence-electron chi connectivity index (χ3n) is 5.79. The maximum atomic E-state index is 15.0. The molecule has 1 saturated carbocycles. The third-order valence-corrected chi connectivity index (χ3v) is 5.79. The summed E-state index contributed by atoms with van der Waals surface area (Å²) in [5, 5.41) is 11.2. The fourth-order valence-electron chi connectivity index (χ4n) is 3.94. The molecule has 1 atom stereocenters. The molecule has 2 fully saturated rings. The second-order valence-corrected chi connectivity index (χ2v) is 7.97. The monoisotopic (exact) mass is 414 g/mol. The fraction of sp³-hybridized carbons (Fsp3) is 0.429. The minimum Gasteiger partial charge on any atom is -0.364 e. The van der Waals surface area contributed by atoms with Crippen LogP contribution >= 0.6 is 0 Å². The van der Waals surface area contributed by atoms with Crippen LogP contribution in [-0.4, -0.2) is 39.3 Å². The van der Waals surface area contributed by atoms with Gasteiger partial charge in [0.2, 0.25) is 0 Å². The van der Waals surface area contributed by atoms with Crippen LogP contribution < -0.4 is 10.2 Å². The van der Waals surface area contributed by atoms with Gasteiger partial charge < -0.3 is 10.2 Å². The van der Waals surface area contributed by atoms with E-state index in [9.17, 15) is 13.2 Å². The molecule has 156 valence electrons. The summed E-state index contributed by atoms with van der Waals surface area (Å²) in [4.78, 5) is 11.5. The summed E-state index contributed by atoms with van der Waals surface area (Å²) < 4.78 is 42.1. The van der Waals surface area contributed by atoms with Gasteiger partial charge in [-0.05, 0) is 37.7 Å². The second-order valence-electron chi connectivity index (χ2n) is 7.97. The fourth-order valence-corrected chi connectivity index (χ4v) is 3.94. The number of alkyl halides is 1. The summed E-state index contributed by atoms with van der Waals surface area (Å²) in [5.74, 6) is -0.432. The number of hydrogen-bond donors (Lipinski definition) is 1. The van der Waals surface area contributed by atoms with Crippen LogP contribution in [0.1, 0.15) is 37.4 Å². The molecule has 3 aromatic rings. The zero-order chi connectivity index (χ0) is 20.7. The van der Waals surface area contributed by atoms with Crippen LogP contribution in [0.3, 0.4) is 0 Å². The number of nitrogens with zero attached hydrogens (tertiary/aromatic N) is 5. The van der Waals surface area contributed by atoms with Crippen LogP contribution in [0.4, 0.5) is 24.8 Å². The molecular weight excluding hydrogens is 393 g/mol. The van der Waals surface area contributed by atoms with Crippen LogP contribution in [0.15, 0.2) is 30.6 Å². The normalized spacial score (nSPS) is 18.6. The van der Waals surface area contributed by atoms with E-state index in [2.05, 4.69) is 25.4 Å². The van der Waals surface area contributed by atoms with E-state index in [-0.39, 0.29) is 11.5 Å².